The van der Waals surface area contributed by atoms with Gasteiger partial charge in [0.25, 0.3) is 0 Å². The van der Waals surface area contributed by atoms with Crippen LogP contribution < -0.4 is 5.32 Å². The van der Waals surface area contributed by atoms with Crippen LogP contribution in [0.25, 0.3) is 0 Å². The van der Waals surface area contributed by atoms with Gasteiger partial charge in [0.05, 0.1) is 6.61 Å². The van der Waals surface area contributed by atoms with Crippen molar-refractivity contribution in [3.8, 4) is 0 Å². The molecule has 15 heavy (non-hydrogen) atoms. The monoisotopic (exact) mass is 237 g/mol. The van der Waals surface area contributed by atoms with E-state index in [0.29, 0.717) is 6.54 Å². The summed E-state index contributed by atoms with van der Waals surface area (Å²) in [4.78, 5) is 0.210. The van der Waals surface area contributed by atoms with E-state index in [9.17, 15) is 13.2 Å². The van der Waals surface area contributed by atoms with Gasteiger partial charge in [-0.05, 0) is 11.4 Å². The van der Waals surface area contributed by atoms with Crippen LogP contribution in [0, 0.1) is 0 Å². The maximum absolute atomic E-state index is 13.0. The summed E-state index contributed by atoms with van der Waals surface area (Å²) < 4.78 is 44.0. The van der Waals surface area contributed by atoms with Gasteiger partial charge in [-0.3, -0.25) is 0 Å². The average Bonchev–Trinajstić information content (AvgIpc) is 2.70. The van der Waals surface area contributed by atoms with Gasteiger partial charge in [0, 0.05) is 18.0 Å². The summed E-state index contributed by atoms with van der Waals surface area (Å²) >= 11 is 1.07. The van der Waals surface area contributed by atoms with Crippen LogP contribution in [0.5, 0.6) is 0 Å². The van der Waals surface area contributed by atoms with E-state index in [2.05, 4.69) is 5.32 Å². The molecule has 2 heterocycles. The van der Waals surface area contributed by atoms with Crippen LogP contribution in [-0.4, -0.2) is 25.9 Å². The topological polar surface area (TPSA) is 21.3 Å². The second kappa shape index (κ2) is 3.77. The van der Waals surface area contributed by atoms with E-state index in [-0.39, 0.29) is 18.0 Å². The van der Waals surface area contributed by atoms with Crippen LogP contribution in [0.15, 0.2) is 17.5 Å². The molecule has 0 amide bonds. The number of nitrogens with one attached hydrogen (secondary N) is 1. The third kappa shape index (κ3) is 1.77. The van der Waals surface area contributed by atoms with Gasteiger partial charge in [-0.15, -0.1) is 11.3 Å². The lowest BCUT2D eigenvalue weighted by Gasteiger charge is -2.38. The summed E-state index contributed by atoms with van der Waals surface area (Å²) in [6, 6.07) is 3.07. The zero-order valence-corrected chi connectivity index (χ0v) is 8.62. The molecule has 1 aliphatic heterocycles. The highest BCUT2D eigenvalue weighted by Gasteiger charge is 2.58. The molecular weight excluding hydrogens is 227 g/mol. The predicted molar refractivity (Wildman–Crippen MR) is 50.9 cm³/mol. The fraction of sp³-hybridized carbons (Fsp3) is 0.556. The Kier molecular flexibility index (Phi) is 2.74. The van der Waals surface area contributed by atoms with E-state index in [1.807, 2.05) is 0 Å². The maximum Gasteiger partial charge on any atom is 0.423 e. The van der Waals surface area contributed by atoms with Gasteiger partial charge in [-0.25, -0.2) is 0 Å². The van der Waals surface area contributed by atoms with Gasteiger partial charge >= 0.3 is 6.18 Å². The summed E-state index contributed by atoms with van der Waals surface area (Å²) in [7, 11) is 0. The number of alkyl halides is 3. The number of hydrogen-bond acceptors (Lipinski definition) is 3. The molecule has 1 aromatic rings. The van der Waals surface area contributed by atoms with Crippen LogP contribution >= 0.6 is 11.3 Å². The SMILES string of the molecule is FC(F)(F)C1(c2cccs2)CNCCO1. The van der Waals surface area contributed by atoms with Crippen molar-refractivity contribution in [2.45, 2.75) is 11.8 Å². The zero-order valence-electron chi connectivity index (χ0n) is 7.80. The average molecular weight is 237 g/mol. The molecule has 1 fully saturated rings. The van der Waals surface area contributed by atoms with Crippen LogP contribution in [0.1, 0.15) is 4.88 Å². The number of ether oxygens (including phenoxy) is 1. The summed E-state index contributed by atoms with van der Waals surface area (Å²) in [5, 5.41) is 4.36. The van der Waals surface area contributed by atoms with Crippen molar-refractivity contribution < 1.29 is 17.9 Å². The molecular formula is C9H10F3NOS. The molecule has 1 N–H and O–H groups in total. The van der Waals surface area contributed by atoms with Crippen LogP contribution in [0.3, 0.4) is 0 Å². The normalized spacial score (nSPS) is 27.9. The molecule has 2 rings (SSSR count). The summed E-state index contributed by atoms with van der Waals surface area (Å²) in [6.07, 6.45) is -4.38. The van der Waals surface area contributed by atoms with Crippen molar-refractivity contribution in [3.05, 3.63) is 22.4 Å². The summed E-state index contributed by atoms with van der Waals surface area (Å²) in [5.74, 6) is 0. The molecule has 0 bridgehead atoms. The molecule has 0 spiro atoms. The molecule has 0 radical (unpaired) electrons. The van der Waals surface area contributed by atoms with Crippen LogP contribution in [0.4, 0.5) is 13.2 Å². The first-order valence-electron chi connectivity index (χ1n) is 4.52. The van der Waals surface area contributed by atoms with Crippen molar-refractivity contribution in [2.24, 2.45) is 0 Å². The largest absolute Gasteiger partial charge is 0.423 e. The first-order chi connectivity index (χ1) is 7.06. The molecule has 1 saturated heterocycles. The molecule has 1 unspecified atom stereocenters. The smallest absolute Gasteiger partial charge is 0.358 e. The minimum atomic E-state index is -4.38. The predicted octanol–water partition coefficient (Wildman–Crippen LogP) is 2.13. The fourth-order valence-electron chi connectivity index (χ4n) is 1.60. The lowest BCUT2D eigenvalue weighted by molar-refractivity contribution is -0.288. The van der Waals surface area contributed by atoms with Crippen molar-refractivity contribution in [3.63, 3.8) is 0 Å². The van der Waals surface area contributed by atoms with Gasteiger partial charge in [-0.1, -0.05) is 6.07 Å². The van der Waals surface area contributed by atoms with Gasteiger partial charge in [0.2, 0.25) is 5.60 Å². The molecule has 1 atom stereocenters. The Hall–Kier alpha value is -0.590. The van der Waals surface area contributed by atoms with Gasteiger partial charge < -0.3 is 10.1 Å². The van der Waals surface area contributed by atoms with E-state index in [1.54, 1.807) is 11.4 Å². The molecule has 84 valence electrons. The number of hydrogen-bond donors (Lipinski definition) is 1. The molecule has 2 nitrogen and oxygen atoms in total. The molecule has 1 aliphatic rings. The van der Waals surface area contributed by atoms with Crippen LogP contribution in [-0.2, 0) is 10.3 Å². The first kappa shape index (κ1) is 10.9. The van der Waals surface area contributed by atoms with E-state index in [0.717, 1.165) is 11.3 Å². The number of morpholine rings is 1. The fourth-order valence-corrected chi connectivity index (χ4v) is 2.50. The molecule has 0 aromatic carbocycles. The van der Waals surface area contributed by atoms with Gasteiger partial charge in [0.1, 0.15) is 0 Å². The Morgan fingerprint density at radius 2 is 2.27 bits per heavy atom. The number of halogens is 3. The lowest BCUT2D eigenvalue weighted by atomic mass is 9.99. The Bertz CT molecular complexity index is 317. The first-order valence-corrected chi connectivity index (χ1v) is 5.40. The molecule has 6 heteroatoms. The Morgan fingerprint density at radius 1 is 1.47 bits per heavy atom. The van der Waals surface area contributed by atoms with Gasteiger partial charge in [-0.2, -0.15) is 13.2 Å². The zero-order chi connectivity index (χ0) is 10.9. The van der Waals surface area contributed by atoms with Crippen molar-refractivity contribution in [1.82, 2.24) is 5.32 Å². The second-order valence-corrected chi connectivity index (χ2v) is 4.28. The summed E-state index contributed by atoms with van der Waals surface area (Å²) in [6.45, 7) is 0.331. The van der Waals surface area contributed by atoms with E-state index in [1.165, 1.54) is 6.07 Å². The second-order valence-electron chi connectivity index (χ2n) is 3.33. The maximum atomic E-state index is 13.0. The quantitative estimate of drug-likeness (QED) is 0.807. The Labute approximate surface area is 89.1 Å². The molecule has 0 saturated carbocycles. The lowest BCUT2D eigenvalue weighted by Crippen LogP contribution is -2.55. The van der Waals surface area contributed by atoms with Crippen molar-refractivity contribution in [1.29, 1.82) is 0 Å². The molecule has 1 aromatic heterocycles. The summed E-state index contributed by atoms with van der Waals surface area (Å²) in [5.41, 5.74) is -2.15. The third-order valence-corrected chi connectivity index (χ3v) is 3.39. The number of thiophene rings is 1. The highest BCUT2D eigenvalue weighted by atomic mass is 32.1. The van der Waals surface area contributed by atoms with Crippen LogP contribution in [0.2, 0.25) is 0 Å². The van der Waals surface area contributed by atoms with Gasteiger partial charge in [0.15, 0.2) is 0 Å². The van der Waals surface area contributed by atoms with Crippen molar-refractivity contribution in [2.75, 3.05) is 19.7 Å². The minimum absolute atomic E-state index is 0.0808. The van der Waals surface area contributed by atoms with E-state index in [4.69, 9.17) is 4.74 Å². The highest BCUT2D eigenvalue weighted by molar-refractivity contribution is 7.10. The minimum Gasteiger partial charge on any atom is -0.358 e. The van der Waals surface area contributed by atoms with E-state index >= 15 is 0 Å². The Morgan fingerprint density at radius 3 is 2.73 bits per heavy atom. The standard InChI is InChI=1S/C9H10F3NOS/c10-9(11,12)8(6-13-3-4-14-8)7-2-1-5-15-7/h1-2,5,13H,3-4,6H2. The van der Waals surface area contributed by atoms with E-state index < -0.39 is 11.8 Å². The number of rotatable bonds is 1. The molecule has 0 aliphatic carbocycles. The van der Waals surface area contributed by atoms with Crippen molar-refractivity contribution >= 4 is 11.3 Å². The Balaban J connectivity index is 2.39. The third-order valence-electron chi connectivity index (χ3n) is 2.38. The highest BCUT2D eigenvalue weighted by Crippen LogP contribution is 2.44.